The van der Waals surface area contributed by atoms with Gasteiger partial charge in [-0.05, 0) is 34.7 Å². The van der Waals surface area contributed by atoms with Gasteiger partial charge < -0.3 is 9.47 Å². The molecule has 0 N–H and O–H groups in total. The van der Waals surface area contributed by atoms with Crippen molar-refractivity contribution in [3.05, 3.63) is 107 Å². The maximum absolute atomic E-state index is 13.5. The highest BCUT2D eigenvalue weighted by atomic mass is 35.5. The first-order valence-corrected chi connectivity index (χ1v) is 10.7. The number of hydrogen-bond acceptors (Lipinski definition) is 2. The number of hydrogen-bond donors (Lipinski definition) is 0. The fraction of sp³-hybridized carbons (Fsp3) is 0.125. The molecule has 4 rings (SSSR count). The summed E-state index contributed by atoms with van der Waals surface area (Å²) in [5.41, 5.74) is 3.85. The summed E-state index contributed by atoms with van der Waals surface area (Å²) in [6, 6.07) is 21.9. The maximum atomic E-state index is 13.5. The molecule has 1 amide bonds. The van der Waals surface area contributed by atoms with Gasteiger partial charge in [-0.15, -0.1) is 17.9 Å². The van der Waals surface area contributed by atoms with Crippen LogP contribution >= 0.6 is 22.9 Å². The molecule has 29 heavy (non-hydrogen) atoms. The lowest BCUT2D eigenvalue weighted by Crippen LogP contribution is -2.32. The van der Waals surface area contributed by atoms with Crippen LogP contribution in [0.1, 0.15) is 21.6 Å². The quantitative estimate of drug-likeness (QED) is 0.325. The van der Waals surface area contributed by atoms with Crippen LogP contribution in [-0.2, 0) is 13.1 Å². The molecule has 0 aliphatic rings. The number of fused-ring (bicyclic) bond motifs is 1. The number of halogens is 1. The molecule has 3 nitrogen and oxygen atoms in total. The Kier molecular flexibility index (Phi) is 5.84. The molecule has 0 saturated carbocycles. The predicted molar refractivity (Wildman–Crippen MR) is 122 cm³/mol. The SMILES string of the molecule is C=CCN(Cc1ccccc1Cl)C(=O)c1cc2sccc2n1Cc1ccccc1. The summed E-state index contributed by atoms with van der Waals surface area (Å²) in [7, 11) is 0. The van der Waals surface area contributed by atoms with Crippen molar-refractivity contribution in [3.8, 4) is 0 Å². The maximum Gasteiger partial charge on any atom is 0.271 e. The van der Waals surface area contributed by atoms with Crippen LogP contribution in [0.4, 0.5) is 0 Å². The van der Waals surface area contributed by atoms with E-state index in [1.54, 1.807) is 22.3 Å². The minimum absolute atomic E-state index is 0.0239. The van der Waals surface area contributed by atoms with Crippen molar-refractivity contribution >= 4 is 39.1 Å². The predicted octanol–water partition coefficient (Wildman–Crippen LogP) is 6.23. The normalized spacial score (nSPS) is 10.9. The average Bonchev–Trinajstić information content (AvgIpc) is 3.32. The molecule has 0 atom stereocenters. The summed E-state index contributed by atoms with van der Waals surface area (Å²) in [6.45, 7) is 5.37. The van der Waals surface area contributed by atoms with E-state index in [9.17, 15) is 4.79 Å². The lowest BCUT2D eigenvalue weighted by molar-refractivity contribution is 0.0753. The van der Waals surface area contributed by atoms with Crippen LogP contribution in [0.25, 0.3) is 10.2 Å². The van der Waals surface area contributed by atoms with Gasteiger partial charge in [-0.3, -0.25) is 4.79 Å². The number of amides is 1. The summed E-state index contributed by atoms with van der Waals surface area (Å²) in [5.74, 6) is -0.0239. The molecule has 0 fully saturated rings. The number of aromatic nitrogens is 1. The van der Waals surface area contributed by atoms with Crippen molar-refractivity contribution in [1.82, 2.24) is 9.47 Å². The summed E-state index contributed by atoms with van der Waals surface area (Å²) < 4.78 is 3.22. The van der Waals surface area contributed by atoms with Crippen LogP contribution in [0, 0.1) is 0 Å². The fourth-order valence-electron chi connectivity index (χ4n) is 3.46. The third-order valence-corrected chi connectivity index (χ3v) is 6.10. The molecule has 2 heterocycles. The molecule has 5 heteroatoms. The van der Waals surface area contributed by atoms with Gasteiger partial charge >= 0.3 is 0 Å². The lowest BCUT2D eigenvalue weighted by atomic mass is 10.2. The van der Waals surface area contributed by atoms with Gasteiger partial charge in [0.2, 0.25) is 0 Å². The Morgan fingerprint density at radius 2 is 1.86 bits per heavy atom. The molecule has 0 aliphatic heterocycles. The van der Waals surface area contributed by atoms with E-state index in [1.807, 2.05) is 48.5 Å². The van der Waals surface area contributed by atoms with Gasteiger partial charge in [0.15, 0.2) is 0 Å². The highest BCUT2D eigenvalue weighted by molar-refractivity contribution is 7.17. The van der Waals surface area contributed by atoms with Gasteiger partial charge in [0, 0.05) is 24.7 Å². The molecule has 4 aromatic rings. The van der Waals surface area contributed by atoms with Gasteiger partial charge in [-0.1, -0.05) is 66.2 Å². The molecule has 146 valence electrons. The monoisotopic (exact) mass is 420 g/mol. The summed E-state index contributed by atoms with van der Waals surface area (Å²) in [5, 5.41) is 2.72. The van der Waals surface area contributed by atoms with Crippen molar-refractivity contribution in [2.75, 3.05) is 6.54 Å². The van der Waals surface area contributed by atoms with Gasteiger partial charge in [0.25, 0.3) is 5.91 Å². The van der Waals surface area contributed by atoms with Gasteiger partial charge in [0.1, 0.15) is 5.69 Å². The Morgan fingerprint density at radius 3 is 2.62 bits per heavy atom. The summed E-state index contributed by atoms with van der Waals surface area (Å²) in [4.78, 5) is 15.3. The zero-order chi connectivity index (χ0) is 20.2. The Balaban J connectivity index is 1.71. The fourth-order valence-corrected chi connectivity index (χ4v) is 4.48. The van der Waals surface area contributed by atoms with E-state index in [0.29, 0.717) is 30.4 Å². The standard InChI is InChI=1S/C24H21ClN2OS/c1-2-13-26(17-19-10-6-7-11-20(19)25)24(28)22-15-23-21(12-14-29-23)27(22)16-18-8-4-3-5-9-18/h2-12,14-15H,1,13,16-17H2. The molecule has 0 unspecified atom stereocenters. The number of thiophene rings is 1. The molecule has 0 aliphatic carbocycles. The minimum Gasteiger partial charge on any atom is -0.331 e. The Morgan fingerprint density at radius 1 is 1.10 bits per heavy atom. The van der Waals surface area contributed by atoms with E-state index in [0.717, 1.165) is 21.3 Å². The zero-order valence-electron chi connectivity index (χ0n) is 15.9. The third kappa shape index (κ3) is 4.14. The van der Waals surface area contributed by atoms with Gasteiger partial charge in [0.05, 0.1) is 10.2 Å². The van der Waals surface area contributed by atoms with Crippen molar-refractivity contribution in [2.45, 2.75) is 13.1 Å². The molecular weight excluding hydrogens is 400 g/mol. The van der Waals surface area contributed by atoms with Crippen molar-refractivity contribution in [3.63, 3.8) is 0 Å². The third-order valence-electron chi connectivity index (χ3n) is 4.88. The smallest absolute Gasteiger partial charge is 0.271 e. The van der Waals surface area contributed by atoms with Crippen molar-refractivity contribution in [1.29, 1.82) is 0 Å². The number of carbonyl (C=O) groups excluding carboxylic acids is 1. The Hall–Kier alpha value is -2.82. The number of carbonyl (C=O) groups is 1. The summed E-state index contributed by atoms with van der Waals surface area (Å²) in [6.07, 6.45) is 1.75. The van der Waals surface area contributed by atoms with Gasteiger partial charge in [-0.25, -0.2) is 0 Å². The van der Waals surface area contributed by atoms with Crippen LogP contribution in [0.5, 0.6) is 0 Å². The lowest BCUT2D eigenvalue weighted by Gasteiger charge is -2.23. The second-order valence-electron chi connectivity index (χ2n) is 6.84. The van der Waals surface area contributed by atoms with E-state index in [-0.39, 0.29) is 5.91 Å². The molecule has 2 aromatic heterocycles. The molecule has 0 radical (unpaired) electrons. The van der Waals surface area contributed by atoms with Gasteiger partial charge in [-0.2, -0.15) is 0 Å². The number of benzene rings is 2. The van der Waals surface area contributed by atoms with Crippen LogP contribution in [-0.4, -0.2) is 21.9 Å². The van der Waals surface area contributed by atoms with Crippen molar-refractivity contribution in [2.24, 2.45) is 0 Å². The van der Waals surface area contributed by atoms with Crippen molar-refractivity contribution < 1.29 is 4.79 Å². The van der Waals surface area contributed by atoms with Crippen LogP contribution in [0.3, 0.4) is 0 Å². The first-order chi connectivity index (χ1) is 14.2. The topological polar surface area (TPSA) is 25.2 Å². The zero-order valence-corrected chi connectivity index (χ0v) is 17.5. The van der Waals surface area contributed by atoms with E-state index in [4.69, 9.17) is 11.6 Å². The Labute approximate surface area is 179 Å². The molecular formula is C24H21ClN2OS. The first kappa shape index (κ1) is 19.5. The summed E-state index contributed by atoms with van der Waals surface area (Å²) >= 11 is 7.99. The first-order valence-electron chi connectivity index (χ1n) is 9.41. The second-order valence-corrected chi connectivity index (χ2v) is 8.19. The number of nitrogens with zero attached hydrogens (tertiary/aromatic N) is 2. The average molecular weight is 421 g/mol. The Bertz CT molecular complexity index is 1150. The van der Waals surface area contributed by atoms with E-state index in [2.05, 4.69) is 34.7 Å². The molecule has 2 aromatic carbocycles. The van der Waals surface area contributed by atoms with Crippen LogP contribution < -0.4 is 0 Å². The largest absolute Gasteiger partial charge is 0.331 e. The van der Waals surface area contributed by atoms with Crippen LogP contribution in [0.2, 0.25) is 5.02 Å². The molecule has 0 saturated heterocycles. The van der Waals surface area contributed by atoms with E-state index < -0.39 is 0 Å². The van der Waals surface area contributed by atoms with Crippen LogP contribution in [0.15, 0.2) is 84.8 Å². The molecule has 0 bridgehead atoms. The second kappa shape index (κ2) is 8.68. The minimum atomic E-state index is -0.0239. The molecule has 0 spiro atoms. The van der Waals surface area contributed by atoms with E-state index in [1.165, 1.54) is 0 Å². The van der Waals surface area contributed by atoms with E-state index >= 15 is 0 Å². The number of rotatable bonds is 7. The highest BCUT2D eigenvalue weighted by Gasteiger charge is 2.22. The highest BCUT2D eigenvalue weighted by Crippen LogP contribution is 2.28.